The van der Waals surface area contributed by atoms with E-state index in [0.717, 1.165) is 32.3 Å². The Kier molecular flexibility index (Phi) is 5.62. The molecule has 1 heterocycles. The zero-order valence-electron chi connectivity index (χ0n) is 19.2. The van der Waals surface area contributed by atoms with Gasteiger partial charge in [0, 0.05) is 18.4 Å². The Morgan fingerprint density at radius 3 is 2.70 bits per heavy atom. The molecular weight excluding hydrogens is 376 g/mol. The smallest absolute Gasteiger partial charge is 0.157 e. The Balaban J connectivity index is 1.35. The first kappa shape index (κ1) is 21.4. The number of ether oxygens (including phenoxy) is 2. The van der Waals surface area contributed by atoms with Crippen molar-refractivity contribution < 1.29 is 19.7 Å². The molecule has 0 bridgehead atoms. The Morgan fingerprint density at radius 2 is 1.93 bits per heavy atom. The molecule has 0 aromatic rings. The van der Waals surface area contributed by atoms with E-state index in [4.69, 9.17) is 9.47 Å². The molecule has 1 saturated heterocycles. The lowest BCUT2D eigenvalue weighted by Crippen LogP contribution is -2.56. The van der Waals surface area contributed by atoms with E-state index >= 15 is 0 Å². The lowest BCUT2D eigenvalue weighted by atomic mass is 9.46. The molecule has 170 valence electrons. The molecule has 4 aliphatic carbocycles. The molecule has 4 nitrogen and oxygen atoms in total. The van der Waals surface area contributed by atoms with E-state index < -0.39 is 6.10 Å². The second-order valence-corrected chi connectivity index (χ2v) is 11.6. The highest BCUT2D eigenvalue weighted by molar-refractivity contribution is 5.27. The van der Waals surface area contributed by atoms with Gasteiger partial charge in [-0.25, -0.2) is 0 Å². The third-order valence-electron chi connectivity index (χ3n) is 10.3. The zero-order chi connectivity index (χ0) is 21.1. The average Bonchev–Trinajstić information content (AvgIpc) is 3.07. The van der Waals surface area contributed by atoms with Gasteiger partial charge in [-0.15, -0.1) is 0 Å². The maximum atomic E-state index is 11.1. The maximum Gasteiger partial charge on any atom is 0.157 e. The van der Waals surface area contributed by atoms with Crippen LogP contribution in [0.3, 0.4) is 0 Å². The van der Waals surface area contributed by atoms with Crippen LogP contribution < -0.4 is 0 Å². The first-order valence-corrected chi connectivity index (χ1v) is 12.7. The van der Waals surface area contributed by atoms with Gasteiger partial charge in [-0.1, -0.05) is 25.5 Å². The van der Waals surface area contributed by atoms with Crippen LogP contribution >= 0.6 is 0 Å². The van der Waals surface area contributed by atoms with Crippen molar-refractivity contribution in [1.82, 2.24) is 0 Å². The molecule has 3 unspecified atom stereocenters. The SMILES string of the molecule is C[C@@H](OC1CCCCO1)[C@H]1CC[C@H]2[C@@H]3CC=C4CC(O)CC(O)[C@]4(C)[C@H]3CC[C@]12C. The second-order valence-electron chi connectivity index (χ2n) is 11.6. The summed E-state index contributed by atoms with van der Waals surface area (Å²) in [5, 5.41) is 21.3. The Bertz CT molecular complexity index is 670. The predicted octanol–water partition coefficient (Wildman–Crippen LogP) is 4.83. The molecule has 1 aliphatic heterocycles. The van der Waals surface area contributed by atoms with Crippen LogP contribution in [0.2, 0.25) is 0 Å². The normalized spacial score (nSPS) is 52.0. The lowest BCUT2D eigenvalue weighted by Gasteiger charge is -2.59. The number of aliphatic hydroxyl groups is 2. The third kappa shape index (κ3) is 3.24. The van der Waals surface area contributed by atoms with Crippen molar-refractivity contribution in [3.05, 3.63) is 11.6 Å². The standard InChI is InChI=1S/C26H42O4/c1-16(30-24-6-4-5-13-29-24)20-9-10-21-19-8-7-17-14-18(27)15-23(28)26(17,3)22(19)11-12-25(20,21)2/h7,16,18-24,27-28H,4-6,8-15H2,1-3H3/t16-,18?,19+,20-,21+,22+,23?,24?,25-,26+/m1/s1. The number of allylic oxidation sites excluding steroid dienone is 1. The number of rotatable bonds is 3. The van der Waals surface area contributed by atoms with Gasteiger partial charge in [0.1, 0.15) is 0 Å². The Hall–Kier alpha value is -0.420. The summed E-state index contributed by atoms with van der Waals surface area (Å²) >= 11 is 0. The number of fused-ring (bicyclic) bond motifs is 5. The molecule has 0 amide bonds. The molecule has 5 rings (SSSR count). The Labute approximate surface area is 182 Å². The largest absolute Gasteiger partial charge is 0.393 e. The minimum Gasteiger partial charge on any atom is -0.393 e. The van der Waals surface area contributed by atoms with Crippen molar-refractivity contribution in [1.29, 1.82) is 0 Å². The third-order valence-corrected chi connectivity index (χ3v) is 10.3. The maximum absolute atomic E-state index is 11.1. The lowest BCUT2D eigenvalue weighted by molar-refractivity contribution is -0.205. The van der Waals surface area contributed by atoms with E-state index in [1.807, 2.05) is 0 Å². The van der Waals surface area contributed by atoms with E-state index in [-0.39, 0.29) is 23.9 Å². The van der Waals surface area contributed by atoms with Crippen molar-refractivity contribution in [3.8, 4) is 0 Å². The quantitative estimate of drug-likeness (QED) is 0.645. The van der Waals surface area contributed by atoms with E-state index in [0.29, 0.717) is 35.5 Å². The summed E-state index contributed by atoms with van der Waals surface area (Å²) in [6, 6.07) is 0. The van der Waals surface area contributed by atoms with Gasteiger partial charge in [-0.05, 0) is 93.8 Å². The summed E-state index contributed by atoms with van der Waals surface area (Å²) in [5.74, 6) is 2.53. The predicted molar refractivity (Wildman–Crippen MR) is 117 cm³/mol. The molecule has 3 saturated carbocycles. The van der Waals surface area contributed by atoms with Gasteiger partial charge in [0.25, 0.3) is 0 Å². The molecule has 0 aromatic carbocycles. The fraction of sp³-hybridized carbons (Fsp3) is 0.923. The summed E-state index contributed by atoms with van der Waals surface area (Å²) in [6.45, 7) is 7.97. The molecule has 10 atom stereocenters. The molecule has 4 fully saturated rings. The van der Waals surface area contributed by atoms with Crippen molar-refractivity contribution >= 4 is 0 Å². The molecule has 5 aliphatic rings. The number of hydrogen-bond acceptors (Lipinski definition) is 4. The van der Waals surface area contributed by atoms with Crippen LogP contribution in [0.25, 0.3) is 0 Å². The molecule has 2 N–H and O–H groups in total. The second kappa shape index (κ2) is 7.86. The number of hydrogen-bond donors (Lipinski definition) is 2. The highest BCUT2D eigenvalue weighted by Crippen LogP contribution is 2.66. The van der Waals surface area contributed by atoms with Crippen LogP contribution in [0.4, 0.5) is 0 Å². The summed E-state index contributed by atoms with van der Waals surface area (Å²) in [6.07, 6.45) is 12.7. The molecule has 4 heteroatoms. The molecule has 0 radical (unpaired) electrons. The van der Waals surface area contributed by atoms with Crippen molar-refractivity contribution in [2.75, 3.05) is 6.61 Å². The summed E-state index contributed by atoms with van der Waals surface area (Å²) in [7, 11) is 0. The van der Waals surface area contributed by atoms with Gasteiger partial charge in [0.15, 0.2) is 6.29 Å². The van der Waals surface area contributed by atoms with Gasteiger partial charge in [-0.3, -0.25) is 0 Å². The summed E-state index contributed by atoms with van der Waals surface area (Å²) < 4.78 is 12.3. The van der Waals surface area contributed by atoms with Crippen LogP contribution in [0.15, 0.2) is 11.6 Å². The fourth-order valence-electron chi connectivity index (χ4n) is 8.67. The first-order chi connectivity index (χ1) is 14.3. The van der Waals surface area contributed by atoms with Crippen molar-refractivity contribution in [2.24, 2.45) is 34.5 Å². The van der Waals surface area contributed by atoms with Gasteiger partial charge in [0.05, 0.1) is 18.3 Å². The minimum atomic E-state index is -0.410. The Morgan fingerprint density at radius 1 is 1.10 bits per heavy atom. The molecule has 0 spiro atoms. The van der Waals surface area contributed by atoms with Gasteiger partial charge >= 0.3 is 0 Å². The zero-order valence-corrected chi connectivity index (χ0v) is 19.2. The topological polar surface area (TPSA) is 58.9 Å². The average molecular weight is 419 g/mol. The van der Waals surface area contributed by atoms with E-state index in [1.165, 1.54) is 37.7 Å². The van der Waals surface area contributed by atoms with Crippen LogP contribution in [-0.2, 0) is 9.47 Å². The van der Waals surface area contributed by atoms with Crippen molar-refractivity contribution in [3.63, 3.8) is 0 Å². The van der Waals surface area contributed by atoms with Gasteiger partial charge in [-0.2, -0.15) is 0 Å². The first-order valence-electron chi connectivity index (χ1n) is 12.7. The van der Waals surface area contributed by atoms with Crippen LogP contribution in [0.5, 0.6) is 0 Å². The minimum absolute atomic E-state index is 0.00404. The van der Waals surface area contributed by atoms with E-state index in [1.54, 1.807) is 0 Å². The van der Waals surface area contributed by atoms with Gasteiger partial charge < -0.3 is 19.7 Å². The highest BCUT2D eigenvalue weighted by atomic mass is 16.7. The number of aliphatic hydroxyl groups excluding tert-OH is 2. The van der Waals surface area contributed by atoms with Crippen LogP contribution in [0, 0.1) is 34.5 Å². The van der Waals surface area contributed by atoms with Crippen molar-refractivity contribution in [2.45, 2.75) is 110 Å². The summed E-state index contributed by atoms with van der Waals surface area (Å²) in [4.78, 5) is 0. The molecular formula is C26H42O4. The highest BCUT2D eigenvalue weighted by Gasteiger charge is 2.61. The van der Waals surface area contributed by atoms with Gasteiger partial charge in [0.2, 0.25) is 0 Å². The van der Waals surface area contributed by atoms with Crippen LogP contribution in [0.1, 0.15) is 85.0 Å². The monoisotopic (exact) mass is 418 g/mol. The fourth-order valence-corrected chi connectivity index (χ4v) is 8.67. The van der Waals surface area contributed by atoms with E-state index in [2.05, 4.69) is 26.8 Å². The molecule has 30 heavy (non-hydrogen) atoms. The van der Waals surface area contributed by atoms with E-state index in [9.17, 15) is 10.2 Å². The summed E-state index contributed by atoms with van der Waals surface area (Å²) in [5.41, 5.74) is 1.52. The van der Waals surface area contributed by atoms with Crippen LogP contribution in [-0.4, -0.2) is 41.4 Å². The molecule has 0 aromatic heterocycles.